The highest BCUT2D eigenvalue weighted by Crippen LogP contribution is 2.17. The Morgan fingerprint density at radius 1 is 1.30 bits per heavy atom. The van der Waals surface area contributed by atoms with Gasteiger partial charge in [0.1, 0.15) is 18.7 Å². The summed E-state index contributed by atoms with van der Waals surface area (Å²) in [6.07, 6.45) is 6.45. The molecule has 0 atom stereocenters. The van der Waals surface area contributed by atoms with E-state index >= 15 is 0 Å². The van der Waals surface area contributed by atoms with Gasteiger partial charge in [0.05, 0.1) is 5.56 Å². The zero-order chi connectivity index (χ0) is 17.0. The Balaban J connectivity index is 2.20. The molecule has 0 aliphatic heterocycles. The van der Waals surface area contributed by atoms with E-state index in [-0.39, 0.29) is 17.9 Å². The molecule has 122 valence electrons. The summed E-state index contributed by atoms with van der Waals surface area (Å²) in [6.45, 7) is 5.88. The van der Waals surface area contributed by atoms with Crippen LogP contribution in [0.2, 0.25) is 0 Å². The first-order valence-electron chi connectivity index (χ1n) is 7.22. The van der Waals surface area contributed by atoms with Gasteiger partial charge in [-0.15, -0.1) is 0 Å². The molecule has 0 spiro atoms. The molecule has 2 aromatic rings. The zero-order valence-electron chi connectivity index (χ0n) is 13.4. The molecule has 2 heterocycles. The van der Waals surface area contributed by atoms with Gasteiger partial charge in [-0.3, -0.25) is 14.2 Å². The summed E-state index contributed by atoms with van der Waals surface area (Å²) < 4.78 is 1.72. The lowest BCUT2D eigenvalue weighted by atomic mass is 9.95. The van der Waals surface area contributed by atoms with Gasteiger partial charge in [-0.25, -0.2) is 9.97 Å². The molecule has 0 radical (unpaired) electrons. The molecule has 7 nitrogen and oxygen atoms in total. The second-order valence-electron chi connectivity index (χ2n) is 6.49. The second-order valence-corrected chi connectivity index (χ2v) is 6.49. The fourth-order valence-electron chi connectivity index (χ4n) is 2.18. The van der Waals surface area contributed by atoms with Crippen LogP contribution >= 0.6 is 0 Å². The third-order valence-corrected chi connectivity index (χ3v) is 3.04. The molecule has 0 aliphatic carbocycles. The Kier molecular flexibility index (Phi) is 4.78. The van der Waals surface area contributed by atoms with Gasteiger partial charge >= 0.3 is 5.97 Å². The van der Waals surface area contributed by atoms with Crippen LogP contribution in [0.5, 0.6) is 0 Å². The summed E-state index contributed by atoms with van der Waals surface area (Å²) in [5.74, 6) is -0.739. The SMILES string of the molecule is CC(C)(C)CN(CC(=O)O)C(=O)c1ccc(-n2ccnc2)nc1. The van der Waals surface area contributed by atoms with Gasteiger partial charge in [0.2, 0.25) is 0 Å². The van der Waals surface area contributed by atoms with Crippen molar-refractivity contribution in [3.05, 3.63) is 42.6 Å². The van der Waals surface area contributed by atoms with Gasteiger partial charge in [0.15, 0.2) is 0 Å². The number of pyridine rings is 1. The topological polar surface area (TPSA) is 88.3 Å². The first-order chi connectivity index (χ1) is 10.8. The normalized spacial score (nSPS) is 11.3. The fourth-order valence-corrected chi connectivity index (χ4v) is 2.18. The van der Waals surface area contributed by atoms with E-state index in [1.807, 2.05) is 20.8 Å². The lowest BCUT2D eigenvalue weighted by Crippen LogP contribution is -2.41. The number of carboxylic acids is 1. The van der Waals surface area contributed by atoms with Crippen molar-refractivity contribution in [1.29, 1.82) is 0 Å². The predicted octanol–water partition coefficient (Wildman–Crippen LogP) is 1.84. The van der Waals surface area contributed by atoms with Crippen molar-refractivity contribution < 1.29 is 14.7 Å². The third kappa shape index (κ3) is 4.64. The average molecular weight is 316 g/mol. The van der Waals surface area contributed by atoms with Gasteiger partial charge in [-0.2, -0.15) is 0 Å². The number of imidazole rings is 1. The van der Waals surface area contributed by atoms with Crippen molar-refractivity contribution in [3.8, 4) is 5.82 Å². The Bertz CT molecular complexity index is 672. The summed E-state index contributed by atoms with van der Waals surface area (Å²) in [4.78, 5) is 33.1. The number of hydrogen-bond acceptors (Lipinski definition) is 4. The zero-order valence-corrected chi connectivity index (χ0v) is 13.4. The maximum absolute atomic E-state index is 12.6. The largest absolute Gasteiger partial charge is 0.480 e. The molecule has 0 saturated heterocycles. The van der Waals surface area contributed by atoms with Crippen LogP contribution in [0.1, 0.15) is 31.1 Å². The highest BCUT2D eigenvalue weighted by atomic mass is 16.4. The number of hydrogen-bond donors (Lipinski definition) is 1. The van der Waals surface area contributed by atoms with Crippen LogP contribution in [0, 0.1) is 5.41 Å². The van der Waals surface area contributed by atoms with Gasteiger partial charge in [-0.05, 0) is 17.5 Å². The molecular formula is C16H20N4O3. The summed E-state index contributed by atoms with van der Waals surface area (Å²) in [5.41, 5.74) is 0.161. The molecule has 0 bridgehead atoms. The van der Waals surface area contributed by atoms with Crippen molar-refractivity contribution >= 4 is 11.9 Å². The van der Waals surface area contributed by atoms with E-state index in [0.717, 1.165) is 0 Å². The first-order valence-corrected chi connectivity index (χ1v) is 7.22. The third-order valence-electron chi connectivity index (χ3n) is 3.04. The van der Waals surface area contributed by atoms with E-state index < -0.39 is 5.97 Å². The summed E-state index contributed by atoms with van der Waals surface area (Å²) in [7, 11) is 0. The summed E-state index contributed by atoms with van der Waals surface area (Å²) >= 11 is 0. The highest BCUT2D eigenvalue weighted by Gasteiger charge is 2.24. The molecule has 0 aliphatic rings. The quantitative estimate of drug-likeness (QED) is 0.909. The lowest BCUT2D eigenvalue weighted by molar-refractivity contribution is -0.138. The molecular weight excluding hydrogens is 296 g/mol. The molecule has 7 heteroatoms. The van der Waals surface area contributed by atoms with E-state index in [4.69, 9.17) is 5.11 Å². The van der Waals surface area contributed by atoms with Crippen molar-refractivity contribution in [2.24, 2.45) is 5.41 Å². The number of carbonyl (C=O) groups excluding carboxylic acids is 1. The van der Waals surface area contributed by atoms with Crippen LogP contribution in [-0.2, 0) is 4.79 Å². The van der Waals surface area contributed by atoms with Crippen LogP contribution < -0.4 is 0 Å². The Morgan fingerprint density at radius 3 is 2.52 bits per heavy atom. The van der Waals surface area contributed by atoms with Crippen molar-refractivity contribution in [1.82, 2.24) is 19.4 Å². The number of aromatic nitrogens is 3. The minimum absolute atomic E-state index is 0.199. The van der Waals surface area contributed by atoms with Crippen LogP contribution in [0.4, 0.5) is 0 Å². The molecule has 1 amide bonds. The molecule has 1 N–H and O–H groups in total. The molecule has 0 fully saturated rings. The van der Waals surface area contributed by atoms with Gasteiger partial charge in [0, 0.05) is 25.1 Å². The minimum Gasteiger partial charge on any atom is -0.480 e. The van der Waals surface area contributed by atoms with Gasteiger partial charge in [-0.1, -0.05) is 20.8 Å². The number of rotatable bonds is 5. The number of aliphatic carboxylic acids is 1. The van der Waals surface area contributed by atoms with Crippen LogP contribution in [0.3, 0.4) is 0 Å². The lowest BCUT2D eigenvalue weighted by Gasteiger charge is -2.28. The van der Waals surface area contributed by atoms with Crippen molar-refractivity contribution in [3.63, 3.8) is 0 Å². The first kappa shape index (κ1) is 16.7. The van der Waals surface area contributed by atoms with Gasteiger partial charge < -0.3 is 10.0 Å². The van der Waals surface area contributed by atoms with E-state index in [2.05, 4.69) is 9.97 Å². The average Bonchev–Trinajstić information content (AvgIpc) is 2.98. The number of carboxylic acid groups (broad SMARTS) is 1. The summed E-state index contributed by atoms with van der Waals surface area (Å²) in [5, 5.41) is 9.03. The fraction of sp³-hybridized carbons (Fsp3) is 0.375. The molecule has 2 rings (SSSR count). The predicted molar refractivity (Wildman–Crippen MR) is 84.4 cm³/mol. The monoisotopic (exact) mass is 316 g/mol. The molecule has 0 unspecified atom stereocenters. The second kappa shape index (κ2) is 6.60. The number of carbonyl (C=O) groups is 2. The van der Waals surface area contributed by atoms with E-state index in [1.54, 1.807) is 35.4 Å². The van der Waals surface area contributed by atoms with Gasteiger partial charge in [0.25, 0.3) is 5.91 Å². The van der Waals surface area contributed by atoms with E-state index in [9.17, 15) is 9.59 Å². The maximum atomic E-state index is 12.6. The Hall–Kier alpha value is -2.70. The smallest absolute Gasteiger partial charge is 0.323 e. The van der Waals surface area contributed by atoms with Crippen LogP contribution in [0.25, 0.3) is 5.82 Å². The van der Waals surface area contributed by atoms with Crippen molar-refractivity contribution in [2.45, 2.75) is 20.8 Å². The van der Waals surface area contributed by atoms with Crippen LogP contribution in [0.15, 0.2) is 37.1 Å². The molecule has 0 aromatic carbocycles. The van der Waals surface area contributed by atoms with E-state index in [0.29, 0.717) is 17.9 Å². The standard InChI is InChI=1S/C16H20N4O3/c1-16(2,3)10-20(9-14(21)22)15(23)12-4-5-13(18-8-12)19-7-6-17-11-19/h4-8,11H,9-10H2,1-3H3,(H,21,22). The van der Waals surface area contributed by atoms with E-state index in [1.165, 1.54) is 11.1 Å². The number of nitrogens with zero attached hydrogens (tertiary/aromatic N) is 4. The number of amides is 1. The summed E-state index contributed by atoms with van der Waals surface area (Å²) in [6, 6.07) is 3.34. The molecule has 2 aromatic heterocycles. The molecule has 0 saturated carbocycles. The Morgan fingerprint density at radius 2 is 2.04 bits per heavy atom. The van der Waals surface area contributed by atoms with Crippen molar-refractivity contribution in [2.75, 3.05) is 13.1 Å². The minimum atomic E-state index is -1.04. The molecule has 23 heavy (non-hydrogen) atoms. The van der Waals surface area contributed by atoms with Crippen LogP contribution in [-0.4, -0.2) is 49.5 Å². The Labute approximate surface area is 134 Å². The maximum Gasteiger partial charge on any atom is 0.323 e. The highest BCUT2D eigenvalue weighted by molar-refractivity contribution is 5.95.